The highest BCUT2D eigenvalue weighted by Crippen LogP contribution is 2.13. The van der Waals surface area contributed by atoms with Crippen LogP contribution in [0, 0.1) is 12.3 Å². The Labute approximate surface area is 102 Å². The van der Waals surface area contributed by atoms with Gasteiger partial charge in [-0.15, -0.1) is 6.42 Å². The highest BCUT2D eigenvalue weighted by atomic mass is 19.4. The van der Waals surface area contributed by atoms with Gasteiger partial charge in [-0.05, 0) is 30.7 Å². The minimum absolute atomic E-state index is 0.675. The van der Waals surface area contributed by atoms with Crippen molar-refractivity contribution in [2.75, 3.05) is 6.54 Å². The molecule has 0 amide bonds. The molecule has 0 spiro atoms. The fourth-order valence-electron chi connectivity index (χ4n) is 0.983. The number of hydrogen-bond donors (Lipinski definition) is 2. The minimum atomic E-state index is -5.08. The first-order valence-electron chi connectivity index (χ1n) is 4.87. The number of hydrogen-bond acceptors (Lipinski definition) is 2. The van der Waals surface area contributed by atoms with Crippen LogP contribution >= 0.6 is 0 Å². The normalized spacial score (nSPS) is 9.94. The Morgan fingerprint density at radius 3 is 2.39 bits per heavy atom. The molecular weight excluding hydrogens is 247 g/mol. The lowest BCUT2D eigenvalue weighted by molar-refractivity contribution is -0.192. The van der Waals surface area contributed by atoms with Crippen LogP contribution in [0.15, 0.2) is 24.3 Å². The summed E-state index contributed by atoms with van der Waals surface area (Å²) in [6.45, 7) is 0.675. The summed E-state index contributed by atoms with van der Waals surface area (Å²) in [5.74, 6) is -0.172. The minimum Gasteiger partial charge on any atom is -0.475 e. The quantitative estimate of drug-likeness (QED) is 0.796. The van der Waals surface area contributed by atoms with Crippen molar-refractivity contribution in [3.63, 3.8) is 0 Å². The van der Waals surface area contributed by atoms with Gasteiger partial charge in [0, 0.05) is 5.56 Å². The molecular formula is C12H12F3NO2. The number of benzene rings is 1. The van der Waals surface area contributed by atoms with E-state index in [1.54, 1.807) is 0 Å². The monoisotopic (exact) mass is 259 g/mol. The molecule has 6 heteroatoms. The molecule has 0 bridgehead atoms. The standard InChI is InChI=1S/C10H11N.C2HF3O2/c1-2-9-4-3-5-10(8-9)6-7-11;3-2(4,5)1(6)7/h1,3-5,8H,6-7,11H2;(H,6,7). The molecule has 0 atom stereocenters. The van der Waals surface area contributed by atoms with Crippen molar-refractivity contribution in [3.8, 4) is 12.3 Å². The second-order valence-electron chi connectivity index (χ2n) is 3.19. The average molecular weight is 259 g/mol. The zero-order valence-corrected chi connectivity index (χ0v) is 9.37. The van der Waals surface area contributed by atoms with Gasteiger partial charge in [-0.1, -0.05) is 18.1 Å². The number of carboxylic acids is 1. The van der Waals surface area contributed by atoms with E-state index in [2.05, 4.69) is 5.92 Å². The van der Waals surface area contributed by atoms with Crippen LogP contribution in [0.5, 0.6) is 0 Å². The molecule has 1 rings (SSSR count). The lowest BCUT2D eigenvalue weighted by Crippen LogP contribution is -2.21. The van der Waals surface area contributed by atoms with Gasteiger partial charge >= 0.3 is 12.1 Å². The van der Waals surface area contributed by atoms with Crippen molar-refractivity contribution in [2.24, 2.45) is 5.73 Å². The fraction of sp³-hybridized carbons (Fsp3) is 0.250. The molecule has 0 heterocycles. The van der Waals surface area contributed by atoms with Gasteiger partial charge in [0.15, 0.2) is 0 Å². The molecule has 0 fully saturated rings. The summed E-state index contributed by atoms with van der Waals surface area (Å²) in [5, 5.41) is 7.12. The molecule has 0 radical (unpaired) electrons. The number of halogens is 3. The molecule has 1 aromatic rings. The van der Waals surface area contributed by atoms with Gasteiger partial charge in [-0.3, -0.25) is 0 Å². The molecule has 0 aliphatic rings. The average Bonchev–Trinajstić information content (AvgIpc) is 2.29. The summed E-state index contributed by atoms with van der Waals surface area (Å²) in [6.07, 6.45) is 1.05. The van der Waals surface area contributed by atoms with Crippen molar-refractivity contribution in [2.45, 2.75) is 12.6 Å². The zero-order chi connectivity index (χ0) is 14.2. The SMILES string of the molecule is C#Cc1cccc(CCN)c1.O=C(O)C(F)(F)F. The third-order valence-electron chi connectivity index (χ3n) is 1.77. The molecule has 0 aliphatic carbocycles. The van der Waals surface area contributed by atoms with Crippen molar-refractivity contribution in [1.82, 2.24) is 0 Å². The lowest BCUT2D eigenvalue weighted by atomic mass is 10.1. The van der Waals surface area contributed by atoms with E-state index in [9.17, 15) is 13.2 Å². The van der Waals surface area contributed by atoms with Crippen molar-refractivity contribution < 1.29 is 23.1 Å². The molecule has 0 aliphatic heterocycles. The first-order valence-corrected chi connectivity index (χ1v) is 4.87. The van der Waals surface area contributed by atoms with Gasteiger partial charge in [0.05, 0.1) is 0 Å². The highest BCUT2D eigenvalue weighted by Gasteiger charge is 2.38. The third kappa shape index (κ3) is 6.55. The summed E-state index contributed by atoms with van der Waals surface area (Å²) in [5.41, 5.74) is 7.54. The molecule has 1 aromatic carbocycles. The van der Waals surface area contributed by atoms with E-state index in [0.29, 0.717) is 6.54 Å². The molecule has 0 aromatic heterocycles. The smallest absolute Gasteiger partial charge is 0.475 e. The number of carboxylic acid groups (broad SMARTS) is 1. The maximum Gasteiger partial charge on any atom is 0.490 e. The molecule has 0 unspecified atom stereocenters. The maximum atomic E-state index is 10.6. The number of carbonyl (C=O) groups is 1. The Morgan fingerprint density at radius 1 is 1.44 bits per heavy atom. The second kappa shape index (κ2) is 7.35. The van der Waals surface area contributed by atoms with Crippen LogP contribution in [-0.2, 0) is 11.2 Å². The van der Waals surface area contributed by atoms with E-state index in [1.807, 2.05) is 24.3 Å². The molecule has 98 valence electrons. The second-order valence-corrected chi connectivity index (χ2v) is 3.19. The van der Waals surface area contributed by atoms with Crippen LogP contribution in [0.25, 0.3) is 0 Å². The van der Waals surface area contributed by atoms with E-state index in [1.165, 1.54) is 5.56 Å². The predicted octanol–water partition coefficient (Wildman–Crippen LogP) is 1.80. The largest absolute Gasteiger partial charge is 0.490 e. The number of rotatable bonds is 2. The van der Waals surface area contributed by atoms with Crippen molar-refractivity contribution in [3.05, 3.63) is 35.4 Å². The molecule has 0 saturated heterocycles. The number of nitrogens with two attached hydrogens (primary N) is 1. The van der Waals surface area contributed by atoms with Crippen LogP contribution in [0.1, 0.15) is 11.1 Å². The highest BCUT2D eigenvalue weighted by molar-refractivity contribution is 5.73. The first kappa shape index (κ1) is 16.0. The number of terminal acetylenes is 1. The number of alkyl halides is 3. The van der Waals surface area contributed by atoms with Gasteiger partial charge in [0.1, 0.15) is 0 Å². The van der Waals surface area contributed by atoms with Crippen LogP contribution < -0.4 is 5.73 Å². The van der Waals surface area contributed by atoms with E-state index in [0.717, 1.165) is 12.0 Å². The Bertz CT molecular complexity index is 436. The van der Waals surface area contributed by atoms with Crippen LogP contribution in [0.2, 0.25) is 0 Å². The fourth-order valence-corrected chi connectivity index (χ4v) is 0.983. The Hall–Kier alpha value is -2.00. The molecule has 3 N–H and O–H groups in total. The van der Waals surface area contributed by atoms with Gasteiger partial charge in [-0.2, -0.15) is 13.2 Å². The topological polar surface area (TPSA) is 63.3 Å². The zero-order valence-electron chi connectivity index (χ0n) is 9.37. The summed E-state index contributed by atoms with van der Waals surface area (Å²) < 4.78 is 31.7. The van der Waals surface area contributed by atoms with E-state index in [4.69, 9.17) is 22.1 Å². The van der Waals surface area contributed by atoms with Crippen LogP contribution in [-0.4, -0.2) is 23.8 Å². The van der Waals surface area contributed by atoms with Crippen LogP contribution in [0.3, 0.4) is 0 Å². The summed E-state index contributed by atoms with van der Waals surface area (Å²) >= 11 is 0. The Morgan fingerprint density at radius 2 is 2.00 bits per heavy atom. The first-order chi connectivity index (χ1) is 8.31. The Balaban J connectivity index is 0.000000360. The summed E-state index contributed by atoms with van der Waals surface area (Å²) in [6, 6.07) is 7.90. The Kier molecular flexibility index (Phi) is 6.53. The van der Waals surface area contributed by atoms with E-state index >= 15 is 0 Å². The van der Waals surface area contributed by atoms with Gasteiger partial charge in [-0.25, -0.2) is 4.79 Å². The molecule has 3 nitrogen and oxygen atoms in total. The van der Waals surface area contributed by atoms with Gasteiger partial charge in [0.2, 0.25) is 0 Å². The van der Waals surface area contributed by atoms with E-state index in [-0.39, 0.29) is 0 Å². The lowest BCUT2D eigenvalue weighted by Gasteiger charge is -1.97. The van der Waals surface area contributed by atoms with Crippen molar-refractivity contribution >= 4 is 5.97 Å². The van der Waals surface area contributed by atoms with Gasteiger partial charge < -0.3 is 10.8 Å². The summed E-state index contributed by atoms with van der Waals surface area (Å²) in [7, 11) is 0. The van der Waals surface area contributed by atoms with Crippen molar-refractivity contribution in [1.29, 1.82) is 0 Å². The van der Waals surface area contributed by atoms with Gasteiger partial charge in [0.25, 0.3) is 0 Å². The van der Waals surface area contributed by atoms with Crippen LogP contribution in [0.4, 0.5) is 13.2 Å². The number of aliphatic carboxylic acids is 1. The summed E-state index contributed by atoms with van der Waals surface area (Å²) in [4.78, 5) is 8.90. The predicted molar refractivity (Wildman–Crippen MR) is 60.8 cm³/mol. The van der Waals surface area contributed by atoms with E-state index < -0.39 is 12.1 Å². The maximum absolute atomic E-state index is 10.6. The molecule has 18 heavy (non-hydrogen) atoms. The molecule has 0 saturated carbocycles. The third-order valence-corrected chi connectivity index (χ3v) is 1.77.